The normalized spacial score (nSPS) is 11.4. The van der Waals surface area contributed by atoms with Crippen molar-refractivity contribution < 1.29 is 13.2 Å². The Balaban J connectivity index is 1.67. The number of rotatable bonds is 6. The lowest BCUT2D eigenvalue weighted by Gasteiger charge is -2.11. The minimum absolute atomic E-state index is 0.0788. The first-order chi connectivity index (χ1) is 14.2. The van der Waals surface area contributed by atoms with E-state index in [1.165, 1.54) is 30.3 Å². The molecule has 0 spiro atoms. The fourth-order valence-electron chi connectivity index (χ4n) is 2.66. The van der Waals surface area contributed by atoms with Crippen molar-refractivity contribution in [1.29, 1.82) is 0 Å². The van der Waals surface area contributed by atoms with Crippen LogP contribution in [-0.2, 0) is 14.8 Å². The third-order valence-corrected chi connectivity index (χ3v) is 6.00. The van der Waals surface area contributed by atoms with Crippen LogP contribution in [0.3, 0.4) is 0 Å². The topological polar surface area (TPSA) is 75.3 Å². The van der Waals surface area contributed by atoms with Gasteiger partial charge in [0.25, 0.3) is 10.0 Å². The molecule has 3 rings (SSSR count). The Morgan fingerprint density at radius 1 is 0.933 bits per heavy atom. The van der Waals surface area contributed by atoms with Gasteiger partial charge in [-0.2, -0.15) is 0 Å². The summed E-state index contributed by atoms with van der Waals surface area (Å²) >= 11 is 5.95. The molecular formula is C23H21ClN2O3S. The Labute approximate surface area is 181 Å². The summed E-state index contributed by atoms with van der Waals surface area (Å²) in [7, 11) is -3.78. The molecule has 0 aliphatic rings. The van der Waals surface area contributed by atoms with Gasteiger partial charge in [-0.15, -0.1) is 0 Å². The summed E-state index contributed by atoms with van der Waals surface area (Å²) in [5, 5.41) is 3.15. The van der Waals surface area contributed by atoms with Gasteiger partial charge in [0.1, 0.15) is 0 Å². The first-order valence-corrected chi connectivity index (χ1v) is 11.0. The molecule has 0 bridgehead atoms. The van der Waals surface area contributed by atoms with E-state index in [9.17, 15) is 13.2 Å². The summed E-state index contributed by atoms with van der Waals surface area (Å²) in [5.41, 5.74) is 3.73. The molecule has 7 heteroatoms. The second-order valence-corrected chi connectivity index (χ2v) is 8.94. The van der Waals surface area contributed by atoms with Crippen LogP contribution in [0, 0.1) is 13.8 Å². The number of benzene rings is 3. The van der Waals surface area contributed by atoms with Crippen LogP contribution in [0.15, 0.2) is 77.7 Å². The molecule has 0 heterocycles. The van der Waals surface area contributed by atoms with Crippen LogP contribution < -0.4 is 10.0 Å². The summed E-state index contributed by atoms with van der Waals surface area (Å²) < 4.78 is 27.8. The van der Waals surface area contributed by atoms with Gasteiger partial charge in [-0.3, -0.25) is 9.52 Å². The van der Waals surface area contributed by atoms with Gasteiger partial charge in [0.05, 0.1) is 10.6 Å². The Kier molecular flexibility index (Phi) is 6.59. The zero-order valence-corrected chi connectivity index (χ0v) is 18.1. The first-order valence-electron chi connectivity index (χ1n) is 9.18. The molecule has 154 valence electrons. The average Bonchev–Trinajstić information content (AvgIpc) is 2.70. The highest BCUT2D eigenvalue weighted by molar-refractivity contribution is 7.92. The van der Waals surface area contributed by atoms with Crippen LogP contribution in [-0.4, -0.2) is 14.3 Å². The molecule has 5 nitrogen and oxygen atoms in total. The quantitative estimate of drug-likeness (QED) is 0.503. The van der Waals surface area contributed by atoms with Crippen molar-refractivity contribution in [2.45, 2.75) is 18.7 Å². The number of carbonyl (C=O) groups is 1. The summed E-state index contributed by atoms with van der Waals surface area (Å²) in [4.78, 5) is 12.2. The molecule has 0 saturated heterocycles. The maximum absolute atomic E-state index is 12.6. The zero-order chi connectivity index (χ0) is 21.7. The molecule has 3 aromatic rings. The lowest BCUT2D eigenvalue weighted by molar-refractivity contribution is -0.111. The standard InChI is InChI=1S/C23H21ClN2O3S/c1-16-3-6-18(7-4-16)8-14-23(27)25-20-10-12-21(13-11-20)30(28,29)26-22-15-19(24)9-5-17(22)2/h3-15,26H,1-2H3,(H,25,27)/b14-8+. The van der Waals surface area contributed by atoms with Gasteiger partial charge in [-0.25, -0.2) is 8.42 Å². The van der Waals surface area contributed by atoms with E-state index in [0.717, 1.165) is 16.7 Å². The van der Waals surface area contributed by atoms with Crippen molar-refractivity contribution in [1.82, 2.24) is 0 Å². The minimum Gasteiger partial charge on any atom is -0.323 e. The molecule has 0 atom stereocenters. The third-order valence-electron chi connectivity index (χ3n) is 4.38. The summed E-state index contributed by atoms with van der Waals surface area (Å²) in [6.07, 6.45) is 3.14. The van der Waals surface area contributed by atoms with Gasteiger partial charge in [0.15, 0.2) is 0 Å². The van der Waals surface area contributed by atoms with E-state index < -0.39 is 10.0 Å². The molecule has 0 aliphatic carbocycles. The highest BCUT2D eigenvalue weighted by Gasteiger charge is 2.15. The van der Waals surface area contributed by atoms with Crippen LogP contribution in [0.1, 0.15) is 16.7 Å². The van der Waals surface area contributed by atoms with E-state index in [1.807, 2.05) is 31.2 Å². The van der Waals surface area contributed by atoms with Gasteiger partial charge in [0, 0.05) is 16.8 Å². The summed E-state index contributed by atoms with van der Waals surface area (Å²) in [5.74, 6) is -0.307. The number of amides is 1. The van der Waals surface area contributed by atoms with E-state index in [1.54, 1.807) is 31.2 Å². The maximum atomic E-state index is 12.6. The third kappa shape index (κ3) is 5.72. The number of sulfonamides is 1. The fourth-order valence-corrected chi connectivity index (χ4v) is 3.95. The van der Waals surface area contributed by atoms with E-state index in [4.69, 9.17) is 11.6 Å². The van der Waals surface area contributed by atoms with Crippen molar-refractivity contribution in [3.8, 4) is 0 Å². The second-order valence-electron chi connectivity index (χ2n) is 6.82. The van der Waals surface area contributed by atoms with E-state index in [0.29, 0.717) is 16.4 Å². The number of halogens is 1. The molecular weight excluding hydrogens is 420 g/mol. The Morgan fingerprint density at radius 2 is 1.60 bits per heavy atom. The van der Waals surface area contributed by atoms with Gasteiger partial charge < -0.3 is 5.32 Å². The molecule has 30 heavy (non-hydrogen) atoms. The molecule has 0 radical (unpaired) electrons. The van der Waals surface area contributed by atoms with Gasteiger partial charge >= 0.3 is 0 Å². The van der Waals surface area contributed by atoms with E-state index in [-0.39, 0.29) is 10.8 Å². The van der Waals surface area contributed by atoms with Crippen LogP contribution in [0.2, 0.25) is 5.02 Å². The SMILES string of the molecule is Cc1ccc(/C=C/C(=O)Nc2ccc(S(=O)(=O)Nc3cc(Cl)ccc3C)cc2)cc1. The predicted octanol–water partition coefficient (Wildman–Crippen LogP) is 5.41. The molecule has 0 unspecified atom stereocenters. The molecule has 0 saturated carbocycles. The zero-order valence-electron chi connectivity index (χ0n) is 16.5. The van der Waals surface area contributed by atoms with Crippen LogP contribution in [0.4, 0.5) is 11.4 Å². The molecule has 1 amide bonds. The Hall–Kier alpha value is -3.09. The number of anilines is 2. The molecule has 0 aliphatic heterocycles. The van der Waals surface area contributed by atoms with Crippen molar-refractivity contribution in [3.05, 3.63) is 94.5 Å². The van der Waals surface area contributed by atoms with Gasteiger partial charge in [-0.1, -0.05) is 47.5 Å². The smallest absolute Gasteiger partial charge is 0.261 e. The highest BCUT2D eigenvalue weighted by atomic mass is 35.5. The van der Waals surface area contributed by atoms with Crippen molar-refractivity contribution in [2.24, 2.45) is 0 Å². The number of carbonyl (C=O) groups excluding carboxylic acids is 1. The van der Waals surface area contributed by atoms with Crippen molar-refractivity contribution >= 4 is 45.0 Å². The van der Waals surface area contributed by atoms with Gasteiger partial charge in [-0.05, 0) is 67.4 Å². The first kappa shape index (κ1) is 21.6. The molecule has 0 aromatic heterocycles. The van der Waals surface area contributed by atoms with Crippen LogP contribution in [0.5, 0.6) is 0 Å². The molecule has 2 N–H and O–H groups in total. The largest absolute Gasteiger partial charge is 0.323 e. The lowest BCUT2D eigenvalue weighted by Crippen LogP contribution is -2.14. The van der Waals surface area contributed by atoms with Crippen LogP contribution in [0.25, 0.3) is 6.08 Å². The summed E-state index contributed by atoms with van der Waals surface area (Å²) in [6.45, 7) is 3.78. The number of hydrogen-bond donors (Lipinski definition) is 2. The predicted molar refractivity (Wildman–Crippen MR) is 122 cm³/mol. The number of aryl methyl sites for hydroxylation is 2. The van der Waals surface area contributed by atoms with E-state index >= 15 is 0 Å². The number of nitrogens with one attached hydrogen (secondary N) is 2. The van der Waals surface area contributed by atoms with E-state index in [2.05, 4.69) is 10.0 Å². The number of hydrogen-bond acceptors (Lipinski definition) is 3. The second kappa shape index (κ2) is 9.15. The lowest BCUT2D eigenvalue weighted by atomic mass is 10.1. The average molecular weight is 441 g/mol. The highest BCUT2D eigenvalue weighted by Crippen LogP contribution is 2.24. The summed E-state index contributed by atoms with van der Waals surface area (Å²) in [6, 6.07) is 18.7. The monoisotopic (exact) mass is 440 g/mol. The molecule has 0 fully saturated rings. The molecule has 3 aromatic carbocycles. The minimum atomic E-state index is -3.78. The van der Waals surface area contributed by atoms with Crippen molar-refractivity contribution in [3.63, 3.8) is 0 Å². The maximum Gasteiger partial charge on any atom is 0.261 e. The van der Waals surface area contributed by atoms with Crippen LogP contribution >= 0.6 is 11.6 Å². The fraction of sp³-hybridized carbons (Fsp3) is 0.0870. The van der Waals surface area contributed by atoms with Crippen molar-refractivity contribution in [2.75, 3.05) is 10.0 Å². The Bertz CT molecular complexity index is 1190. The Morgan fingerprint density at radius 3 is 2.27 bits per heavy atom. The van der Waals surface area contributed by atoms with Gasteiger partial charge in [0.2, 0.25) is 5.91 Å².